The SMILES string of the molecule is COc1cc(OC)cc(C2CC3C(OC(C)=O)C(C)=C(C)C2(C(=O)OCC[Si](C)(C)C)C3OC(C)=O)c1. The summed E-state index contributed by atoms with van der Waals surface area (Å²) in [6, 6.07) is 6.33. The Morgan fingerprint density at radius 2 is 1.51 bits per heavy atom. The van der Waals surface area contributed by atoms with Crippen molar-refractivity contribution in [1.82, 2.24) is 0 Å². The van der Waals surface area contributed by atoms with Gasteiger partial charge >= 0.3 is 17.9 Å². The fraction of sp³-hybridized carbons (Fsp3) is 0.607. The normalized spacial score (nSPS) is 26.9. The number of fused-ring (bicyclic) bond motifs is 2. The zero-order valence-electron chi connectivity index (χ0n) is 23.4. The van der Waals surface area contributed by atoms with E-state index in [4.69, 9.17) is 23.7 Å². The molecule has 5 unspecified atom stereocenters. The lowest BCUT2D eigenvalue weighted by atomic mass is 9.64. The van der Waals surface area contributed by atoms with E-state index in [1.54, 1.807) is 20.3 Å². The number of methoxy groups -OCH3 is 2. The molecule has 3 rings (SSSR count). The van der Waals surface area contributed by atoms with Crippen LogP contribution in [0.15, 0.2) is 29.3 Å². The second kappa shape index (κ2) is 10.9. The van der Waals surface area contributed by atoms with E-state index in [-0.39, 0.29) is 0 Å². The fourth-order valence-corrected chi connectivity index (χ4v) is 6.57. The van der Waals surface area contributed by atoms with Gasteiger partial charge in [-0.05, 0) is 55.2 Å². The second-order valence-corrected chi connectivity index (χ2v) is 16.9. The van der Waals surface area contributed by atoms with Gasteiger partial charge in [-0.1, -0.05) is 19.6 Å². The quantitative estimate of drug-likeness (QED) is 0.192. The molecular weight excluding hydrogens is 492 g/mol. The number of benzene rings is 1. The van der Waals surface area contributed by atoms with E-state index in [2.05, 4.69) is 19.6 Å². The van der Waals surface area contributed by atoms with Crippen LogP contribution >= 0.6 is 0 Å². The largest absolute Gasteiger partial charge is 0.497 e. The van der Waals surface area contributed by atoms with Crippen molar-refractivity contribution in [2.24, 2.45) is 11.3 Å². The number of rotatable bonds is 9. The third-order valence-corrected chi connectivity index (χ3v) is 9.41. The van der Waals surface area contributed by atoms with Gasteiger partial charge in [0, 0.05) is 39.8 Å². The van der Waals surface area contributed by atoms with Crippen LogP contribution in [-0.4, -0.2) is 59.0 Å². The average Bonchev–Trinajstić information content (AvgIpc) is 3.10. The van der Waals surface area contributed by atoms with Gasteiger partial charge in [0.05, 0.1) is 20.8 Å². The summed E-state index contributed by atoms with van der Waals surface area (Å²) in [6.07, 6.45) is -1.05. The van der Waals surface area contributed by atoms with Gasteiger partial charge in [0.15, 0.2) is 0 Å². The molecule has 1 fully saturated rings. The molecule has 0 spiro atoms. The van der Waals surface area contributed by atoms with Gasteiger partial charge in [-0.2, -0.15) is 0 Å². The Morgan fingerprint density at radius 1 is 0.946 bits per heavy atom. The first kappa shape index (κ1) is 28.8. The molecule has 1 aromatic rings. The Labute approximate surface area is 220 Å². The summed E-state index contributed by atoms with van der Waals surface area (Å²) < 4.78 is 28.7. The van der Waals surface area contributed by atoms with Crippen LogP contribution in [0.25, 0.3) is 0 Å². The lowest BCUT2D eigenvalue weighted by molar-refractivity contribution is -0.174. The predicted molar refractivity (Wildman–Crippen MR) is 141 cm³/mol. The first-order chi connectivity index (χ1) is 17.3. The van der Waals surface area contributed by atoms with Gasteiger partial charge in [-0.15, -0.1) is 0 Å². The number of hydrogen-bond donors (Lipinski definition) is 0. The smallest absolute Gasteiger partial charge is 0.320 e. The lowest BCUT2D eigenvalue weighted by Gasteiger charge is -2.44. The predicted octanol–water partition coefficient (Wildman–Crippen LogP) is 4.89. The highest BCUT2D eigenvalue weighted by Crippen LogP contribution is 2.63. The van der Waals surface area contributed by atoms with E-state index in [0.717, 1.165) is 17.2 Å². The standard InChI is InChI=1S/C28H40O8Si/c1-16-17(2)28(27(31)34-10-11-37(7,8)9)24(20-12-21(32-5)14-22(13-20)33-6)15-23(25(16)35-18(3)29)26(28)36-19(4)30/h12-14,23-26H,10-11,15H2,1-9H3. The average molecular weight is 533 g/mol. The molecular formula is C28H40O8Si. The topological polar surface area (TPSA) is 97.4 Å². The fourth-order valence-electron chi connectivity index (χ4n) is 5.86. The van der Waals surface area contributed by atoms with Gasteiger partial charge in [0.1, 0.15) is 29.1 Å². The minimum Gasteiger partial charge on any atom is -0.497 e. The van der Waals surface area contributed by atoms with E-state index in [1.807, 2.05) is 26.0 Å². The van der Waals surface area contributed by atoms with Crippen molar-refractivity contribution in [3.8, 4) is 11.5 Å². The molecule has 1 aromatic carbocycles. The molecule has 0 radical (unpaired) electrons. The van der Waals surface area contributed by atoms with Crippen LogP contribution in [0, 0.1) is 11.3 Å². The van der Waals surface area contributed by atoms with Crippen molar-refractivity contribution in [2.75, 3.05) is 20.8 Å². The van der Waals surface area contributed by atoms with Gasteiger partial charge in [0.25, 0.3) is 0 Å². The highest BCUT2D eigenvalue weighted by atomic mass is 28.3. The highest BCUT2D eigenvalue weighted by Gasteiger charge is 2.69. The molecule has 5 atom stereocenters. The Hall–Kier alpha value is -2.81. The summed E-state index contributed by atoms with van der Waals surface area (Å²) >= 11 is 0. The Bertz CT molecular complexity index is 1070. The third kappa shape index (κ3) is 5.56. The van der Waals surface area contributed by atoms with Crippen LogP contribution in [0.5, 0.6) is 11.5 Å². The van der Waals surface area contributed by atoms with Crippen LogP contribution in [0.4, 0.5) is 0 Å². The van der Waals surface area contributed by atoms with E-state index >= 15 is 0 Å². The van der Waals surface area contributed by atoms with Crippen molar-refractivity contribution >= 4 is 26.0 Å². The minimum absolute atomic E-state index is 0.293. The van der Waals surface area contributed by atoms with Crippen molar-refractivity contribution in [3.63, 3.8) is 0 Å². The lowest BCUT2D eigenvalue weighted by Crippen LogP contribution is -2.53. The van der Waals surface area contributed by atoms with E-state index in [1.165, 1.54) is 13.8 Å². The molecule has 2 aliphatic rings. The van der Waals surface area contributed by atoms with Crippen LogP contribution in [0.3, 0.4) is 0 Å². The van der Waals surface area contributed by atoms with Gasteiger partial charge in [-0.25, -0.2) is 0 Å². The number of carbonyl (C=O) groups is 3. The maximum Gasteiger partial charge on any atom is 0.320 e. The maximum atomic E-state index is 14.2. The van der Waals surface area contributed by atoms with E-state index < -0.39 is 55.4 Å². The van der Waals surface area contributed by atoms with Crippen LogP contribution in [0.2, 0.25) is 25.7 Å². The summed E-state index contributed by atoms with van der Waals surface area (Å²) in [7, 11) is 1.67. The van der Waals surface area contributed by atoms with E-state index in [9.17, 15) is 14.4 Å². The Balaban J connectivity index is 2.24. The number of hydrogen-bond acceptors (Lipinski definition) is 8. The molecule has 204 valence electrons. The Morgan fingerprint density at radius 3 is 2.00 bits per heavy atom. The first-order valence-electron chi connectivity index (χ1n) is 12.7. The molecule has 0 N–H and O–H groups in total. The van der Waals surface area contributed by atoms with Crippen molar-refractivity contribution in [1.29, 1.82) is 0 Å². The summed E-state index contributed by atoms with van der Waals surface area (Å²) in [4.78, 5) is 38.7. The molecule has 0 heterocycles. The summed E-state index contributed by atoms with van der Waals surface area (Å²) in [6.45, 7) is 13.4. The van der Waals surface area contributed by atoms with Gasteiger partial charge in [-0.3, -0.25) is 14.4 Å². The van der Waals surface area contributed by atoms with Crippen LogP contribution in [0.1, 0.15) is 45.6 Å². The number of carbonyl (C=O) groups excluding carboxylic acids is 3. The van der Waals surface area contributed by atoms with Gasteiger partial charge in [0.2, 0.25) is 0 Å². The molecule has 0 aliphatic heterocycles. The second-order valence-electron chi connectivity index (χ2n) is 11.3. The number of esters is 3. The number of ether oxygens (including phenoxy) is 5. The molecule has 0 amide bonds. The minimum atomic E-state index is -1.47. The molecule has 9 heteroatoms. The molecule has 8 nitrogen and oxygen atoms in total. The summed E-state index contributed by atoms with van der Waals surface area (Å²) in [5.74, 6) is -1.06. The zero-order chi connectivity index (χ0) is 27.7. The van der Waals surface area contributed by atoms with Crippen LogP contribution < -0.4 is 9.47 Å². The molecule has 1 saturated carbocycles. The molecule has 37 heavy (non-hydrogen) atoms. The molecule has 2 aliphatic carbocycles. The monoisotopic (exact) mass is 532 g/mol. The van der Waals surface area contributed by atoms with Gasteiger partial charge < -0.3 is 23.7 Å². The molecule has 2 bridgehead atoms. The van der Waals surface area contributed by atoms with E-state index in [0.29, 0.717) is 30.1 Å². The first-order valence-corrected chi connectivity index (χ1v) is 16.4. The Kier molecular flexibility index (Phi) is 8.46. The highest BCUT2D eigenvalue weighted by molar-refractivity contribution is 6.76. The molecule has 0 aromatic heterocycles. The van der Waals surface area contributed by atoms with Crippen molar-refractivity contribution in [2.45, 2.75) is 77.9 Å². The van der Waals surface area contributed by atoms with Crippen molar-refractivity contribution < 1.29 is 38.1 Å². The summed E-state index contributed by atoms with van der Waals surface area (Å²) in [5, 5.41) is 0. The maximum absolute atomic E-state index is 14.2. The van der Waals surface area contributed by atoms with Crippen LogP contribution in [-0.2, 0) is 28.6 Å². The van der Waals surface area contributed by atoms with Crippen molar-refractivity contribution in [3.05, 3.63) is 34.9 Å². The summed E-state index contributed by atoms with van der Waals surface area (Å²) in [5.41, 5.74) is 0.994. The third-order valence-electron chi connectivity index (χ3n) is 7.71. The molecule has 0 saturated heterocycles. The zero-order valence-corrected chi connectivity index (χ0v) is 24.4.